The molecule has 0 saturated carbocycles. The van der Waals surface area contributed by atoms with Crippen molar-refractivity contribution in [1.29, 1.82) is 0 Å². The SMILES string of the molecule is Cc1cccc([C@H](C)NC(=O)c2ccc(CCN)cc2)c1. The van der Waals surface area contributed by atoms with Crippen molar-refractivity contribution in [1.82, 2.24) is 5.32 Å². The van der Waals surface area contributed by atoms with Crippen LogP contribution < -0.4 is 11.1 Å². The molecule has 21 heavy (non-hydrogen) atoms. The van der Waals surface area contributed by atoms with Gasteiger partial charge < -0.3 is 11.1 Å². The van der Waals surface area contributed by atoms with Crippen molar-refractivity contribution < 1.29 is 4.79 Å². The Morgan fingerprint density at radius 2 is 1.90 bits per heavy atom. The first-order chi connectivity index (χ1) is 10.1. The highest BCUT2D eigenvalue weighted by Crippen LogP contribution is 2.15. The number of hydrogen-bond donors (Lipinski definition) is 2. The minimum atomic E-state index is -0.0525. The molecule has 0 aliphatic carbocycles. The second kappa shape index (κ2) is 7.04. The zero-order valence-electron chi connectivity index (χ0n) is 12.6. The molecule has 0 heterocycles. The molecule has 2 rings (SSSR count). The van der Waals surface area contributed by atoms with E-state index in [1.54, 1.807) is 0 Å². The maximum absolute atomic E-state index is 12.2. The van der Waals surface area contributed by atoms with Gasteiger partial charge in [-0.25, -0.2) is 0 Å². The molecule has 0 fully saturated rings. The van der Waals surface area contributed by atoms with Crippen LogP contribution in [-0.2, 0) is 6.42 Å². The van der Waals surface area contributed by atoms with Gasteiger partial charge in [-0.05, 0) is 50.1 Å². The number of rotatable bonds is 5. The molecular formula is C18H22N2O. The van der Waals surface area contributed by atoms with Crippen molar-refractivity contribution in [2.45, 2.75) is 26.3 Å². The first kappa shape index (κ1) is 15.3. The predicted molar refractivity (Wildman–Crippen MR) is 86.3 cm³/mol. The second-order valence-electron chi connectivity index (χ2n) is 5.34. The molecule has 1 amide bonds. The number of benzene rings is 2. The lowest BCUT2D eigenvalue weighted by Crippen LogP contribution is -2.26. The van der Waals surface area contributed by atoms with Gasteiger partial charge in [0.05, 0.1) is 6.04 Å². The van der Waals surface area contributed by atoms with Gasteiger partial charge in [-0.15, -0.1) is 0 Å². The molecule has 0 aliphatic rings. The molecule has 3 nitrogen and oxygen atoms in total. The van der Waals surface area contributed by atoms with Crippen LogP contribution in [0.1, 0.15) is 40.0 Å². The third kappa shape index (κ3) is 4.17. The smallest absolute Gasteiger partial charge is 0.251 e. The standard InChI is InChI=1S/C18H22N2O/c1-13-4-3-5-17(12-13)14(2)20-18(21)16-8-6-15(7-9-16)10-11-19/h3-9,12,14H,10-11,19H2,1-2H3,(H,20,21)/t14-/m0/s1. The molecule has 0 aliphatic heterocycles. The summed E-state index contributed by atoms with van der Waals surface area (Å²) >= 11 is 0. The lowest BCUT2D eigenvalue weighted by atomic mass is 10.0. The number of nitrogens with one attached hydrogen (secondary N) is 1. The van der Waals surface area contributed by atoms with E-state index < -0.39 is 0 Å². The maximum Gasteiger partial charge on any atom is 0.251 e. The zero-order valence-corrected chi connectivity index (χ0v) is 12.6. The largest absolute Gasteiger partial charge is 0.346 e. The summed E-state index contributed by atoms with van der Waals surface area (Å²) in [6.07, 6.45) is 0.835. The van der Waals surface area contributed by atoms with E-state index in [0.29, 0.717) is 12.1 Å². The Bertz CT molecular complexity index is 605. The van der Waals surface area contributed by atoms with Gasteiger partial charge in [-0.3, -0.25) is 4.79 Å². The molecule has 0 spiro atoms. The Balaban J connectivity index is 2.03. The molecule has 0 saturated heterocycles. The van der Waals surface area contributed by atoms with Crippen LogP contribution in [0.25, 0.3) is 0 Å². The monoisotopic (exact) mass is 282 g/mol. The first-order valence-electron chi connectivity index (χ1n) is 7.26. The van der Waals surface area contributed by atoms with E-state index in [4.69, 9.17) is 5.73 Å². The number of nitrogens with two attached hydrogens (primary N) is 1. The topological polar surface area (TPSA) is 55.1 Å². The Kier molecular flexibility index (Phi) is 5.12. The molecule has 2 aromatic carbocycles. The van der Waals surface area contributed by atoms with Crippen molar-refractivity contribution >= 4 is 5.91 Å². The van der Waals surface area contributed by atoms with Crippen LogP contribution >= 0.6 is 0 Å². The molecule has 0 aromatic heterocycles. The van der Waals surface area contributed by atoms with Crippen LogP contribution in [0.4, 0.5) is 0 Å². The van der Waals surface area contributed by atoms with Gasteiger partial charge in [0.15, 0.2) is 0 Å². The molecule has 0 radical (unpaired) electrons. The Morgan fingerprint density at radius 1 is 1.19 bits per heavy atom. The quantitative estimate of drug-likeness (QED) is 0.885. The van der Waals surface area contributed by atoms with Crippen LogP contribution in [0.15, 0.2) is 48.5 Å². The molecule has 110 valence electrons. The Morgan fingerprint density at radius 3 is 2.52 bits per heavy atom. The van der Waals surface area contributed by atoms with Gasteiger partial charge in [-0.1, -0.05) is 42.0 Å². The molecule has 1 atom stereocenters. The fraction of sp³-hybridized carbons (Fsp3) is 0.278. The van der Waals surface area contributed by atoms with Crippen LogP contribution in [0.2, 0.25) is 0 Å². The van der Waals surface area contributed by atoms with Crippen LogP contribution in [0.5, 0.6) is 0 Å². The van der Waals surface area contributed by atoms with Crippen molar-refractivity contribution in [2.24, 2.45) is 5.73 Å². The van der Waals surface area contributed by atoms with Gasteiger partial charge >= 0.3 is 0 Å². The highest BCUT2D eigenvalue weighted by atomic mass is 16.1. The first-order valence-corrected chi connectivity index (χ1v) is 7.26. The maximum atomic E-state index is 12.2. The molecule has 0 unspecified atom stereocenters. The van der Waals surface area contributed by atoms with E-state index in [2.05, 4.69) is 11.4 Å². The van der Waals surface area contributed by atoms with E-state index in [-0.39, 0.29) is 11.9 Å². The molecule has 0 bridgehead atoms. The summed E-state index contributed by atoms with van der Waals surface area (Å²) in [7, 11) is 0. The van der Waals surface area contributed by atoms with E-state index in [1.807, 2.05) is 56.3 Å². The summed E-state index contributed by atoms with van der Waals surface area (Å²) in [5.74, 6) is -0.0525. The van der Waals surface area contributed by atoms with Crippen molar-refractivity contribution in [3.63, 3.8) is 0 Å². The van der Waals surface area contributed by atoms with Gasteiger partial charge in [0, 0.05) is 5.56 Å². The molecular weight excluding hydrogens is 260 g/mol. The predicted octanol–water partition coefficient (Wildman–Crippen LogP) is 2.99. The fourth-order valence-corrected chi connectivity index (χ4v) is 2.29. The van der Waals surface area contributed by atoms with Crippen LogP contribution in [0, 0.1) is 6.92 Å². The summed E-state index contributed by atoms with van der Waals surface area (Å²) in [5, 5.41) is 3.03. The second-order valence-corrected chi connectivity index (χ2v) is 5.34. The fourth-order valence-electron chi connectivity index (χ4n) is 2.29. The minimum Gasteiger partial charge on any atom is -0.346 e. The van der Waals surface area contributed by atoms with E-state index in [9.17, 15) is 4.79 Å². The van der Waals surface area contributed by atoms with Gasteiger partial charge in [0.2, 0.25) is 0 Å². The number of hydrogen-bond acceptors (Lipinski definition) is 2. The minimum absolute atomic E-state index is 0.0129. The highest BCUT2D eigenvalue weighted by Gasteiger charge is 2.11. The lowest BCUT2D eigenvalue weighted by molar-refractivity contribution is 0.0940. The van der Waals surface area contributed by atoms with E-state index in [0.717, 1.165) is 17.5 Å². The molecule has 2 aromatic rings. The third-order valence-electron chi connectivity index (χ3n) is 3.54. The summed E-state index contributed by atoms with van der Waals surface area (Å²) in [4.78, 5) is 12.2. The van der Waals surface area contributed by atoms with Gasteiger partial charge in [0.1, 0.15) is 0 Å². The highest BCUT2D eigenvalue weighted by molar-refractivity contribution is 5.94. The summed E-state index contributed by atoms with van der Waals surface area (Å²) in [6.45, 7) is 4.67. The van der Waals surface area contributed by atoms with Gasteiger partial charge in [-0.2, -0.15) is 0 Å². The average molecular weight is 282 g/mol. The van der Waals surface area contributed by atoms with E-state index >= 15 is 0 Å². The number of carbonyl (C=O) groups is 1. The van der Waals surface area contributed by atoms with Crippen LogP contribution in [0.3, 0.4) is 0 Å². The van der Waals surface area contributed by atoms with Gasteiger partial charge in [0.25, 0.3) is 5.91 Å². The molecule has 3 heteroatoms. The van der Waals surface area contributed by atoms with E-state index in [1.165, 1.54) is 5.56 Å². The van der Waals surface area contributed by atoms with Crippen molar-refractivity contribution in [3.8, 4) is 0 Å². The normalized spacial score (nSPS) is 12.0. The lowest BCUT2D eigenvalue weighted by Gasteiger charge is -2.15. The summed E-state index contributed by atoms with van der Waals surface area (Å²) in [5.41, 5.74) is 9.66. The van der Waals surface area contributed by atoms with Crippen molar-refractivity contribution in [3.05, 3.63) is 70.8 Å². The van der Waals surface area contributed by atoms with Crippen molar-refractivity contribution in [2.75, 3.05) is 6.54 Å². The number of aryl methyl sites for hydroxylation is 1. The average Bonchev–Trinajstić information content (AvgIpc) is 2.48. The summed E-state index contributed by atoms with van der Waals surface area (Å²) < 4.78 is 0. The number of amides is 1. The summed E-state index contributed by atoms with van der Waals surface area (Å²) in [6, 6.07) is 15.8. The third-order valence-corrected chi connectivity index (χ3v) is 3.54. The number of carbonyl (C=O) groups excluding carboxylic acids is 1. The zero-order chi connectivity index (χ0) is 15.2. The Hall–Kier alpha value is -2.13. The Labute approximate surface area is 126 Å². The molecule has 3 N–H and O–H groups in total. The van der Waals surface area contributed by atoms with Crippen LogP contribution in [-0.4, -0.2) is 12.5 Å².